The highest BCUT2D eigenvalue weighted by molar-refractivity contribution is 5.94. The molecule has 0 unspecified atom stereocenters. The van der Waals surface area contributed by atoms with E-state index in [1.54, 1.807) is 0 Å². The van der Waals surface area contributed by atoms with E-state index in [0.29, 0.717) is 0 Å². The Labute approximate surface area is 81.9 Å². The highest BCUT2D eigenvalue weighted by atomic mass is 16.6. The number of esters is 2. The summed E-state index contributed by atoms with van der Waals surface area (Å²) in [6, 6.07) is 1.52. The molecule has 5 nitrogen and oxygen atoms in total. The molecule has 0 atom stereocenters. The van der Waals surface area contributed by atoms with Crippen molar-refractivity contribution in [3.63, 3.8) is 0 Å². The minimum atomic E-state index is -1.41. The molecule has 0 fully saturated rings. The predicted octanol–water partition coefficient (Wildman–Crippen LogP) is 0.561. The van der Waals surface area contributed by atoms with Gasteiger partial charge in [-0.05, 0) is 13.8 Å². The molecule has 0 N–H and O–H groups in total. The fraction of sp³-hybridized carbons (Fsp3) is 0.444. The van der Waals surface area contributed by atoms with Crippen molar-refractivity contribution in [2.75, 3.05) is 7.11 Å². The van der Waals surface area contributed by atoms with Crippen LogP contribution in [0.15, 0.2) is 12.2 Å². The minimum Gasteiger partial charge on any atom is -0.466 e. The summed E-state index contributed by atoms with van der Waals surface area (Å²) in [7, 11) is 1.18. The van der Waals surface area contributed by atoms with Gasteiger partial charge in [0.1, 0.15) is 11.6 Å². The molecule has 0 radical (unpaired) electrons. The lowest BCUT2D eigenvalue weighted by Crippen LogP contribution is -2.38. The average Bonchev–Trinajstić information content (AvgIpc) is 2.14. The Morgan fingerprint density at radius 2 is 1.93 bits per heavy atom. The molecule has 0 saturated heterocycles. The van der Waals surface area contributed by atoms with Crippen LogP contribution in [0.1, 0.15) is 13.8 Å². The monoisotopic (exact) mass is 197 g/mol. The van der Waals surface area contributed by atoms with Gasteiger partial charge in [-0.3, -0.25) is 0 Å². The molecule has 0 bridgehead atoms. The molecule has 0 aliphatic rings. The molecular weight excluding hydrogens is 186 g/mol. The molecule has 0 rings (SSSR count). The lowest BCUT2D eigenvalue weighted by molar-refractivity contribution is -0.173. The number of nitrogens with zero attached hydrogens (tertiary/aromatic N) is 1. The van der Waals surface area contributed by atoms with Crippen LogP contribution >= 0.6 is 0 Å². The maximum Gasteiger partial charge on any atom is 0.349 e. The molecule has 0 aromatic heterocycles. The van der Waals surface area contributed by atoms with E-state index in [1.165, 1.54) is 27.0 Å². The van der Waals surface area contributed by atoms with Crippen molar-refractivity contribution in [2.45, 2.75) is 19.4 Å². The lowest BCUT2D eigenvalue weighted by atomic mass is 10.1. The van der Waals surface area contributed by atoms with Gasteiger partial charge in [0.15, 0.2) is 0 Å². The van der Waals surface area contributed by atoms with E-state index in [2.05, 4.69) is 11.3 Å². The predicted molar refractivity (Wildman–Crippen MR) is 46.9 cm³/mol. The number of ether oxygens (including phenoxy) is 2. The second-order valence-corrected chi connectivity index (χ2v) is 2.98. The van der Waals surface area contributed by atoms with Gasteiger partial charge >= 0.3 is 11.9 Å². The number of carbonyl (C=O) groups is 2. The van der Waals surface area contributed by atoms with Crippen molar-refractivity contribution < 1.29 is 19.1 Å². The summed E-state index contributed by atoms with van der Waals surface area (Å²) >= 11 is 0. The Morgan fingerprint density at radius 1 is 1.43 bits per heavy atom. The van der Waals surface area contributed by atoms with Crippen LogP contribution in [-0.2, 0) is 19.1 Å². The third-order valence-electron chi connectivity index (χ3n) is 1.41. The second-order valence-electron chi connectivity index (χ2n) is 2.98. The van der Waals surface area contributed by atoms with Crippen LogP contribution in [0.5, 0.6) is 0 Å². The van der Waals surface area contributed by atoms with E-state index >= 15 is 0 Å². The van der Waals surface area contributed by atoms with Crippen molar-refractivity contribution in [3.8, 4) is 6.07 Å². The summed E-state index contributed by atoms with van der Waals surface area (Å²) < 4.78 is 9.11. The Bertz CT molecular complexity index is 311. The van der Waals surface area contributed by atoms with Gasteiger partial charge in [0.05, 0.1) is 7.11 Å². The molecule has 0 spiro atoms. The zero-order valence-electron chi connectivity index (χ0n) is 8.29. The lowest BCUT2D eigenvalue weighted by Gasteiger charge is -2.21. The maximum absolute atomic E-state index is 11.1. The van der Waals surface area contributed by atoms with Gasteiger partial charge in [-0.2, -0.15) is 5.26 Å². The normalized spacial score (nSPS) is 9.86. The first-order chi connectivity index (χ1) is 6.35. The van der Waals surface area contributed by atoms with E-state index in [0.717, 1.165) is 0 Å². The van der Waals surface area contributed by atoms with Crippen molar-refractivity contribution in [2.24, 2.45) is 0 Å². The van der Waals surface area contributed by atoms with Crippen LogP contribution in [0.3, 0.4) is 0 Å². The van der Waals surface area contributed by atoms with Crippen LogP contribution in [0, 0.1) is 11.3 Å². The van der Waals surface area contributed by atoms with Crippen LogP contribution in [0.25, 0.3) is 0 Å². The standard InChI is InChI=1S/C9H11NO4/c1-6(5-10)7(11)14-9(2,3)8(12)13-4/h1H2,2-4H3. The highest BCUT2D eigenvalue weighted by Crippen LogP contribution is 2.13. The van der Waals surface area contributed by atoms with Gasteiger partial charge in [-0.1, -0.05) is 6.58 Å². The van der Waals surface area contributed by atoms with E-state index in [-0.39, 0.29) is 5.57 Å². The minimum absolute atomic E-state index is 0.359. The second kappa shape index (κ2) is 4.42. The number of hydrogen-bond donors (Lipinski definition) is 0. The van der Waals surface area contributed by atoms with Gasteiger partial charge < -0.3 is 9.47 Å². The molecular formula is C9H11NO4. The van der Waals surface area contributed by atoms with Gasteiger partial charge in [0.25, 0.3) is 0 Å². The van der Waals surface area contributed by atoms with Gasteiger partial charge in [-0.15, -0.1) is 0 Å². The van der Waals surface area contributed by atoms with Crippen LogP contribution in [0.2, 0.25) is 0 Å². The summed E-state index contributed by atoms with van der Waals surface area (Å²) in [6.07, 6.45) is 0. The third kappa shape index (κ3) is 2.90. The Kier molecular flexibility index (Phi) is 3.84. The van der Waals surface area contributed by atoms with Crippen molar-refractivity contribution in [1.82, 2.24) is 0 Å². The number of carbonyl (C=O) groups excluding carboxylic acids is 2. The van der Waals surface area contributed by atoms with E-state index in [1.807, 2.05) is 0 Å². The van der Waals surface area contributed by atoms with Crippen LogP contribution in [0.4, 0.5) is 0 Å². The highest BCUT2D eigenvalue weighted by Gasteiger charge is 2.33. The first-order valence-corrected chi connectivity index (χ1v) is 3.76. The SMILES string of the molecule is C=C(C#N)C(=O)OC(C)(C)C(=O)OC. The van der Waals surface area contributed by atoms with E-state index in [4.69, 9.17) is 10.00 Å². The third-order valence-corrected chi connectivity index (χ3v) is 1.41. The summed E-state index contributed by atoms with van der Waals surface area (Å²) in [5.74, 6) is -1.63. The maximum atomic E-state index is 11.1. The molecule has 0 aromatic carbocycles. The summed E-state index contributed by atoms with van der Waals surface area (Å²) in [6.45, 7) is 5.88. The molecule has 0 aromatic rings. The quantitative estimate of drug-likeness (QED) is 0.375. The number of nitriles is 1. The first kappa shape index (κ1) is 12.2. The fourth-order valence-corrected chi connectivity index (χ4v) is 0.626. The summed E-state index contributed by atoms with van der Waals surface area (Å²) in [5.41, 5.74) is -1.77. The van der Waals surface area contributed by atoms with Crippen LogP contribution < -0.4 is 0 Å². The van der Waals surface area contributed by atoms with Gasteiger partial charge in [-0.25, -0.2) is 9.59 Å². The first-order valence-electron chi connectivity index (χ1n) is 3.76. The smallest absolute Gasteiger partial charge is 0.349 e. The molecule has 0 aliphatic heterocycles. The number of hydrogen-bond acceptors (Lipinski definition) is 5. The van der Waals surface area contributed by atoms with E-state index in [9.17, 15) is 9.59 Å². The zero-order chi connectivity index (χ0) is 11.4. The number of rotatable bonds is 3. The molecule has 0 saturated carbocycles. The topological polar surface area (TPSA) is 76.4 Å². The van der Waals surface area contributed by atoms with Crippen LogP contribution in [-0.4, -0.2) is 24.6 Å². The summed E-state index contributed by atoms with van der Waals surface area (Å²) in [5, 5.41) is 8.33. The average molecular weight is 197 g/mol. The summed E-state index contributed by atoms with van der Waals surface area (Å²) in [4.78, 5) is 22.1. The van der Waals surface area contributed by atoms with E-state index < -0.39 is 17.5 Å². The Hall–Kier alpha value is -1.83. The molecule has 0 amide bonds. The van der Waals surface area contributed by atoms with Crippen molar-refractivity contribution >= 4 is 11.9 Å². The fourth-order valence-electron chi connectivity index (χ4n) is 0.626. The Balaban J connectivity index is 4.54. The molecule has 0 aliphatic carbocycles. The Morgan fingerprint density at radius 3 is 2.29 bits per heavy atom. The van der Waals surface area contributed by atoms with Crippen molar-refractivity contribution in [1.29, 1.82) is 5.26 Å². The molecule has 5 heteroatoms. The molecule has 76 valence electrons. The zero-order valence-corrected chi connectivity index (χ0v) is 8.29. The number of methoxy groups -OCH3 is 1. The van der Waals surface area contributed by atoms with Gasteiger partial charge in [0, 0.05) is 0 Å². The van der Waals surface area contributed by atoms with Gasteiger partial charge in [0.2, 0.25) is 5.60 Å². The molecule has 0 heterocycles. The van der Waals surface area contributed by atoms with Crippen molar-refractivity contribution in [3.05, 3.63) is 12.2 Å². The molecule has 14 heavy (non-hydrogen) atoms. The largest absolute Gasteiger partial charge is 0.466 e.